The van der Waals surface area contributed by atoms with E-state index in [1.54, 1.807) is 89.4 Å². The first-order valence-corrected chi connectivity index (χ1v) is 16.7. The number of Topliss-reactive ketones (excluding diaryl/α,β-unsaturated/α-hetero) is 5. The van der Waals surface area contributed by atoms with E-state index in [1.807, 2.05) is 0 Å². The van der Waals surface area contributed by atoms with Gasteiger partial charge in [-0.2, -0.15) is 0 Å². The van der Waals surface area contributed by atoms with Gasteiger partial charge in [0.15, 0.2) is 28.7 Å². The Morgan fingerprint density at radius 3 is 2.10 bits per heavy atom. The molecule has 260 valence electrons. The molecule has 3 unspecified atom stereocenters. The van der Waals surface area contributed by atoms with Crippen LogP contribution in [0, 0.1) is 34.5 Å². The normalized spacial score (nSPS) is 28.8. The number of rotatable bonds is 7. The predicted octanol–water partition coefficient (Wildman–Crippen LogP) is 4.92. The van der Waals surface area contributed by atoms with Crippen molar-refractivity contribution in [3.8, 4) is 28.4 Å². The van der Waals surface area contributed by atoms with Crippen LogP contribution in [0.25, 0.3) is 11.1 Å². The highest BCUT2D eigenvalue weighted by molar-refractivity contribution is 6.32. The molecular weight excluding hydrogens is 640 g/mol. The number of phenols is 1. The van der Waals surface area contributed by atoms with E-state index >= 15 is 0 Å². The van der Waals surface area contributed by atoms with Crippen molar-refractivity contribution in [2.75, 3.05) is 7.11 Å². The number of phenolic OH excluding ortho intramolecular Hbond substituents is 1. The number of fused-ring (bicyclic) bond motifs is 3. The number of ether oxygens (including phenoxy) is 2. The first-order valence-electron chi connectivity index (χ1n) is 16.7. The highest BCUT2D eigenvalue weighted by Gasteiger charge is 2.76. The van der Waals surface area contributed by atoms with Crippen molar-refractivity contribution in [2.45, 2.75) is 59.5 Å². The Labute approximate surface area is 289 Å². The summed E-state index contributed by atoms with van der Waals surface area (Å²) >= 11 is 0. The van der Waals surface area contributed by atoms with Crippen LogP contribution < -0.4 is 9.47 Å². The Hall–Kier alpha value is -4.96. The van der Waals surface area contributed by atoms with Gasteiger partial charge in [0.25, 0.3) is 0 Å². The summed E-state index contributed by atoms with van der Waals surface area (Å²) in [5.74, 6) is -8.82. The Bertz CT molecular complexity index is 1960. The standard InChI is InChI=1S/C40H40O10/c1-20(2)32-34(44)30(21(3)41)36(46)40(48)37(47)33-35(45)31-27(18-38(33,4)19-39(32,40)5)26(15-16-28(31)42)23-9-7-22(8-10-23)17-29(43)50-25-13-11-24(49-6)12-14-25/h7-16,20,30,32-33,42,48H,17-19H2,1-6H3/t30?,32?,33?,38-,39-,40+/m1/s1. The second kappa shape index (κ2) is 12.1. The maximum Gasteiger partial charge on any atom is 0.315 e. The highest BCUT2D eigenvalue weighted by atomic mass is 16.5. The van der Waals surface area contributed by atoms with E-state index in [2.05, 4.69) is 0 Å². The van der Waals surface area contributed by atoms with Gasteiger partial charge in [-0.05, 0) is 83.7 Å². The van der Waals surface area contributed by atoms with Crippen molar-refractivity contribution >= 4 is 34.9 Å². The van der Waals surface area contributed by atoms with Gasteiger partial charge in [-0.1, -0.05) is 58.0 Å². The summed E-state index contributed by atoms with van der Waals surface area (Å²) in [6.45, 7) is 7.88. The lowest BCUT2D eigenvalue weighted by molar-refractivity contribution is -0.205. The SMILES string of the molecule is COc1ccc(OC(=O)Cc2ccc(-c3ccc(O)c4c3C[C@]3(C)C[C@]5(C)C(C(C)C)C(=O)C(C(C)=O)C(=O)[C@]5(O)C(=O)C3C4=O)cc2)cc1. The largest absolute Gasteiger partial charge is 0.507 e. The smallest absolute Gasteiger partial charge is 0.315 e. The molecule has 10 nitrogen and oxygen atoms in total. The van der Waals surface area contributed by atoms with E-state index in [1.165, 1.54) is 6.07 Å². The summed E-state index contributed by atoms with van der Waals surface area (Å²) in [5, 5.41) is 23.2. The molecule has 3 aromatic carbocycles. The number of hydrogen-bond acceptors (Lipinski definition) is 10. The van der Waals surface area contributed by atoms with Crippen molar-refractivity contribution < 1.29 is 48.5 Å². The van der Waals surface area contributed by atoms with Gasteiger partial charge >= 0.3 is 5.97 Å². The van der Waals surface area contributed by atoms with E-state index in [9.17, 15) is 39.0 Å². The molecule has 6 rings (SSSR count). The Kier molecular flexibility index (Phi) is 8.46. The van der Waals surface area contributed by atoms with Gasteiger partial charge in [0.05, 0.1) is 25.0 Å². The third kappa shape index (κ3) is 5.11. The van der Waals surface area contributed by atoms with E-state index in [4.69, 9.17) is 9.47 Å². The molecule has 0 heterocycles. The Morgan fingerprint density at radius 1 is 0.900 bits per heavy atom. The quantitative estimate of drug-likeness (QED) is 0.199. The fraction of sp³-hybridized carbons (Fsp3) is 0.400. The molecular formula is C40H40O10. The summed E-state index contributed by atoms with van der Waals surface area (Å²) in [6.07, 6.45) is 0.0906. The van der Waals surface area contributed by atoms with Crippen molar-refractivity contribution in [3.63, 3.8) is 0 Å². The van der Waals surface area contributed by atoms with Gasteiger partial charge in [0, 0.05) is 11.3 Å². The molecule has 50 heavy (non-hydrogen) atoms. The first kappa shape index (κ1) is 34.9. The number of benzene rings is 3. The summed E-state index contributed by atoms with van der Waals surface area (Å²) < 4.78 is 10.6. The minimum Gasteiger partial charge on any atom is -0.507 e. The Morgan fingerprint density at radius 2 is 1.52 bits per heavy atom. The van der Waals surface area contributed by atoms with Crippen LogP contribution in [0.4, 0.5) is 0 Å². The molecule has 2 saturated carbocycles. The molecule has 2 N–H and O–H groups in total. The third-order valence-corrected chi connectivity index (χ3v) is 11.2. The number of carbonyl (C=O) groups is 6. The molecule has 0 amide bonds. The molecule has 3 aliphatic rings. The van der Waals surface area contributed by atoms with Crippen molar-refractivity contribution in [3.05, 3.63) is 77.4 Å². The molecule has 6 atom stereocenters. The van der Waals surface area contributed by atoms with Gasteiger partial charge in [0.1, 0.15) is 28.9 Å². The second-order valence-electron chi connectivity index (χ2n) is 14.8. The predicted molar refractivity (Wildman–Crippen MR) is 181 cm³/mol. The summed E-state index contributed by atoms with van der Waals surface area (Å²) in [5.41, 5.74) is -3.05. The Balaban J connectivity index is 1.35. The van der Waals surface area contributed by atoms with Crippen LogP contribution in [0.15, 0.2) is 60.7 Å². The maximum absolute atomic E-state index is 14.5. The fourth-order valence-corrected chi connectivity index (χ4v) is 9.19. The zero-order chi connectivity index (χ0) is 36.5. The summed E-state index contributed by atoms with van der Waals surface area (Å²) in [7, 11) is 1.54. The number of esters is 1. The minimum atomic E-state index is -2.75. The van der Waals surface area contributed by atoms with E-state index in [0.29, 0.717) is 33.8 Å². The zero-order valence-electron chi connectivity index (χ0n) is 28.9. The molecule has 10 heteroatoms. The van der Waals surface area contributed by atoms with Crippen LogP contribution in [0.3, 0.4) is 0 Å². The molecule has 3 aromatic rings. The number of aromatic hydroxyl groups is 1. The zero-order valence-corrected chi connectivity index (χ0v) is 28.9. The maximum atomic E-state index is 14.5. The average molecular weight is 681 g/mol. The van der Waals surface area contributed by atoms with Crippen LogP contribution in [0.1, 0.15) is 62.5 Å². The van der Waals surface area contributed by atoms with Gasteiger partial charge < -0.3 is 19.7 Å². The number of methoxy groups -OCH3 is 1. The number of ketones is 5. The van der Waals surface area contributed by atoms with E-state index in [-0.39, 0.29) is 30.6 Å². The molecule has 0 bridgehead atoms. The van der Waals surface area contributed by atoms with Gasteiger partial charge in [-0.3, -0.25) is 28.8 Å². The first-order chi connectivity index (χ1) is 23.5. The van der Waals surface area contributed by atoms with Crippen LogP contribution in [-0.2, 0) is 36.8 Å². The van der Waals surface area contributed by atoms with Crippen LogP contribution in [-0.4, -0.2) is 57.8 Å². The van der Waals surface area contributed by atoms with Crippen LogP contribution in [0.2, 0.25) is 0 Å². The van der Waals surface area contributed by atoms with E-state index in [0.717, 1.165) is 6.92 Å². The summed E-state index contributed by atoms with van der Waals surface area (Å²) in [6, 6.07) is 16.8. The van der Waals surface area contributed by atoms with Crippen molar-refractivity contribution in [1.82, 2.24) is 0 Å². The molecule has 3 aliphatic carbocycles. The molecule has 0 saturated heterocycles. The monoisotopic (exact) mass is 680 g/mol. The van der Waals surface area contributed by atoms with Crippen LogP contribution >= 0.6 is 0 Å². The lowest BCUT2D eigenvalue weighted by atomic mass is 9.40. The topological polar surface area (TPSA) is 161 Å². The number of aliphatic hydroxyl groups is 1. The minimum absolute atomic E-state index is 0.000773. The lowest BCUT2D eigenvalue weighted by Gasteiger charge is -2.61. The van der Waals surface area contributed by atoms with Gasteiger partial charge in [0.2, 0.25) is 0 Å². The molecule has 0 radical (unpaired) electrons. The number of carbonyl (C=O) groups excluding carboxylic acids is 6. The fourth-order valence-electron chi connectivity index (χ4n) is 9.19. The molecule has 0 aromatic heterocycles. The third-order valence-electron chi connectivity index (χ3n) is 11.2. The lowest BCUT2D eigenvalue weighted by Crippen LogP contribution is -2.76. The summed E-state index contributed by atoms with van der Waals surface area (Å²) in [4.78, 5) is 81.7. The second-order valence-corrected chi connectivity index (χ2v) is 14.8. The molecule has 0 aliphatic heterocycles. The van der Waals surface area contributed by atoms with Crippen LogP contribution in [0.5, 0.6) is 17.2 Å². The van der Waals surface area contributed by atoms with Crippen molar-refractivity contribution in [2.24, 2.45) is 34.5 Å². The highest BCUT2D eigenvalue weighted by Crippen LogP contribution is 2.64. The average Bonchev–Trinajstić information content (AvgIpc) is 3.03. The van der Waals surface area contributed by atoms with E-state index < -0.39 is 75.0 Å². The number of hydrogen-bond donors (Lipinski definition) is 2. The van der Waals surface area contributed by atoms with Gasteiger partial charge in [-0.25, -0.2) is 0 Å². The molecule has 2 fully saturated rings. The molecule has 0 spiro atoms. The van der Waals surface area contributed by atoms with Gasteiger partial charge in [-0.15, -0.1) is 0 Å². The van der Waals surface area contributed by atoms with Crippen molar-refractivity contribution in [1.29, 1.82) is 0 Å².